The van der Waals surface area contributed by atoms with Gasteiger partial charge in [-0.2, -0.15) is 10.1 Å². The van der Waals surface area contributed by atoms with Crippen LogP contribution in [0.3, 0.4) is 0 Å². The lowest BCUT2D eigenvalue weighted by atomic mass is 10.1. The molecule has 1 fully saturated rings. The molecular formula is C20H21N5O3. The largest absolute Gasteiger partial charge is 0.497 e. The van der Waals surface area contributed by atoms with Gasteiger partial charge in [0, 0.05) is 5.56 Å². The van der Waals surface area contributed by atoms with E-state index in [4.69, 9.17) is 19.3 Å². The summed E-state index contributed by atoms with van der Waals surface area (Å²) in [5, 5.41) is 10.6. The summed E-state index contributed by atoms with van der Waals surface area (Å²) in [5.74, 6) is 1.27. The van der Waals surface area contributed by atoms with Gasteiger partial charge in [0.05, 0.1) is 27.0 Å². The maximum absolute atomic E-state index is 5.72. The average Bonchev–Trinajstić information content (AvgIpc) is 3.29. The van der Waals surface area contributed by atoms with E-state index < -0.39 is 0 Å². The third-order valence-electron chi connectivity index (χ3n) is 5.21. The van der Waals surface area contributed by atoms with Gasteiger partial charge in [-0.25, -0.2) is 0 Å². The first-order valence-corrected chi connectivity index (χ1v) is 9.30. The molecule has 1 saturated carbocycles. The number of hydrogen-bond acceptors (Lipinski definition) is 7. The Bertz CT molecular complexity index is 1020. The summed E-state index contributed by atoms with van der Waals surface area (Å²) in [5.41, 5.74) is 3.35. The Morgan fingerprint density at radius 1 is 1.14 bits per heavy atom. The van der Waals surface area contributed by atoms with E-state index in [9.17, 15) is 0 Å². The molecule has 2 aromatic heterocycles. The highest BCUT2D eigenvalue weighted by Gasteiger charge is 2.41. The Labute approximate surface area is 162 Å². The SMILES string of the molecule is COc1ccc(-c2cnnc3c2nc(OC)n3C(C2CC2)N2CC=CO2)cc1. The quantitative estimate of drug-likeness (QED) is 0.651. The number of nitrogens with zero attached hydrogens (tertiary/aromatic N) is 5. The Morgan fingerprint density at radius 3 is 2.61 bits per heavy atom. The lowest BCUT2D eigenvalue weighted by molar-refractivity contribution is -0.142. The number of benzene rings is 1. The summed E-state index contributed by atoms with van der Waals surface area (Å²) in [4.78, 5) is 10.5. The van der Waals surface area contributed by atoms with Gasteiger partial charge in [0.2, 0.25) is 0 Å². The van der Waals surface area contributed by atoms with Crippen molar-refractivity contribution in [1.29, 1.82) is 0 Å². The predicted octanol–water partition coefficient (Wildman–Crippen LogP) is 3.18. The van der Waals surface area contributed by atoms with Crippen molar-refractivity contribution in [2.24, 2.45) is 5.92 Å². The fourth-order valence-electron chi connectivity index (χ4n) is 3.70. The number of rotatable bonds is 6. The first-order chi connectivity index (χ1) is 13.8. The van der Waals surface area contributed by atoms with Crippen molar-refractivity contribution in [3.05, 3.63) is 42.8 Å². The number of aromatic nitrogens is 4. The number of hydrogen-bond donors (Lipinski definition) is 0. The lowest BCUT2D eigenvalue weighted by Crippen LogP contribution is -2.31. The van der Waals surface area contributed by atoms with Gasteiger partial charge in [0.1, 0.15) is 23.7 Å². The molecule has 1 aliphatic heterocycles. The van der Waals surface area contributed by atoms with Crippen molar-refractivity contribution in [2.75, 3.05) is 20.8 Å². The Kier molecular flexibility index (Phi) is 4.12. The summed E-state index contributed by atoms with van der Waals surface area (Å²) in [6, 6.07) is 8.34. The fraction of sp³-hybridized carbons (Fsp3) is 0.350. The molecule has 5 rings (SSSR count). The van der Waals surface area contributed by atoms with E-state index in [1.54, 1.807) is 26.7 Å². The zero-order valence-corrected chi connectivity index (χ0v) is 15.8. The molecular weight excluding hydrogens is 358 g/mol. The molecule has 1 atom stereocenters. The maximum atomic E-state index is 5.72. The minimum Gasteiger partial charge on any atom is -0.497 e. The molecule has 0 saturated heterocycles. The Hall–Kier alpha value is -3.13. The Morgan fingerprint density at radius 2 is 1.96 bits per heavy atom. The highest BCUT2D eigenvalue weighted by molar-refractivity contribution is 5.90. The third kappa shape index (κ3) is 2.77. The molecule has 0 spiro atoms. The zero-order valence-electron chi connectivity index (χ0n) is 15.8. The first kappa shape index (κ1) is 17.0. The van der Waals surface area contributed by atoms with Gasteiger partial charge >= 0.3 is 0 Å². The van der Waals surface area contributed by atoms with Crippen LogP contribution in [-0.2, 0) is 4.84 Å². The zero-order chi connectivity index (χ0) is 19.1. The summed E-state index contributed by atoms with van der Waals surface area (Å²) in [6.45, 7) is 0.718. The van der Waals surface area contributed by atoms with Crippen molar-refractivity contribution in [2.45, 2.75) is 19.0 Å². The topological polar surface area (TPSA) is 74.5 Å². The number of hydroxylamine groups is 2. The van der Waals surface area contributed by atoms with Crippen LogP contribution in [0.25, 0.3) is 22.3 Å². The van der Waals surface area contributed by atoms with E-state index >= 15 is 0 Å². The van der Waals surface area contributed by atoms with Crippen LogP contribution in [-0.4, -0.2) is 45.6 Å². The van der Waals surface area contributed by atoms with E-state index in [0.717, 1.165) is 41.8 Å². The monoisotopic (exact) mass is 379 g/mol. The summed E-state index contributed by atoms with van der Waals surface area (Å²) < 4.78 is 12.9. The summed E-state index contributed by atoms with van der Waals surface area (Å²) >= 11 is 0. The van der Waals surface area contributed by atoms with Crippen molar-refractivity contribution in [3.8, 4) is 22.9 Å². The lowest BCUT2D eigenvalue weighted by Gasteiger charge is -2.27. The summed E-state index contributed by atoms with van der Waals surface area (Å²) in [6.07, 6.45) is 7.69. The minimum absolute atomic E-state index is 0.0321. The summed E-state index contributed by atoms with van der Waals surface area (Å²) in [7, 11) is 3.28. The Balaban J connectivity index is 1.65. The second kappa shape index (κ2) is 6.79. The van der Waals surface area contributed by atoms with Gasteiger partial charge < -0.3 is 14.3 Å². The molecule has 1 unspecified atom stereocenters. The highest BCUT2D eigenvalue weighted by Crippen LogP contribution is 2.45. The average molecular weight is 379 g/mol. The van der Waals surface area contributed by atoms with Gasteiger partial charge in [-0.15, -0.1) is 10.2 Å². The molecule has 8 nitrogen and oxygen atoms in total. The number of ether oxygens (including phenoxy) is 2. The van der Waals surface area contributed by atoms with Crippen LogP contribution in [0.15, 0.2) is 42.8 Å². The van der Waals surface area contributed by atoms with E-state index in [2.05, 4.69) is 10.2 Å². The standard InChI is InChI=1S/C20H21N5O3/c1-26-15-8-6-13(7-9-15)16-12-21-23-18-17(16)22-20(27-2)25(18)19(14-4-5-14)24-10-3-11-28-24/h3,6-9,11-12,14,19H,4-5,10H2,1-2H3. The van der Waals surface area contributed by atoms with Crippen LogP contribution >= 0.6 is 0 Å². The molecule has 144 valence electrons. The van der Waals surface area contributed by atoms with Gasteiger partial charge in [-0.3, -0.25) is 4.57 Å². The van der Waals surface area contributed by atoms with Crippen LogP contribution in [0.2, 0.25) is 0 Å². The van der Waals surface area contributed by atoms with Crippen molar-refractivity contribution < 1.29 is 14.3 Å². The molecule has 3 aromatic rings. The van der Waals surface area contributed by atoms with Gasteiger partial charge in [-0.05, 0) is 42.5 Å². The number of fused-ring (bicyclic) bond motifs is 1. The van der Waals surface area contributed by atoms with Crippen LogP contribution in [0.1, 0.15) is 19.0 Å². The minimum atomic E-state index is -0.0321. The van der Waals surface area contributed by atoms with E-state index in [1.165, 1.54) is 0 Å². The molecule has 8 heteroatoms. The van der Waals surface area contributed by atoms with Crippen LogP contribution in [0.5, 0.6) is 11.8 Å². The molecule has 1 aliphatic carbocycles. The van der Waals surface area contributed by atoms with Crippen molar-refractivity contribution in [3.63, 3.8) is 0 Å². The number of methoxy groups -OCH3 is 2. The van der Waals surface area contributed by atoms with Crippen LogP contribution in [0.4, 0.5) is 0 Å². The highest BCUT2D eigenvalue weighted by atomic mass is 16.7. The van der Waals surface area contributed by atoms with E-state index in [-0.39, 0.29) is 6.17 Å². The van der Waals surface area contributed by atoms with E-state index in [1.807, 2.05) is 40.0 Å². The molecule has 0 amide bonds. The molecule has 2 aliphatic rings. The molecule has 0 radical (unpaired) electrons. The van der Waals surface area contributed by atoms with Gasteiger partial charge in [0.15, 0.2) is 5.65 Å². The van der Waals surface area contributed by atoms with Gasteiger partial charge in [-0.1, -0.05) is 12.1 Å². The smallest absolute Gasteiger partial charge is 0.299 e. The predicted molar refractivity (Wildman–Crippen MR) is 103 cm³/mol. The second-order valence-corrected chi connectivity index (χ2v) is 6.96. The van der Waals surface area contributed by atoms with Crippen molar-refractivity contribution >= 4 is 11.2 Å². The van der Waals surface area contributed by atoms with Crippen LogP contribution < -0.4 is 9.47 Å². The molecule has 1 aromatic carbocycles. The molecule has 3 heterocycles. The van der Waals surface area contributed by atoms with Crippen molar-refractivity contribution in [1.82, 2.24) is 24.8 Å². The second-order valence-electron chi connectivity index (χ2n) is 6.96. The normalized spacial score (nSPS) is 17.6. The molecule has 0 N–H and O–H groups in total. The molecule has 0 bridgehead atoms. The maximum Gasteiger partial charge on any atom is 0.299 e. The fourth-order valence-corrected chi connectivity index (χ4v) is 3.70. The van der Waals surface area contributed by atoms with E-state index in [0.29, 0.717) is 17.6 Å². The first-order valence-electron chi connectivity index (χ1n) is 9.30. The molecule has 28 heavy (non-hydrogen) atoms. The number of imidazole rings is 1. The third-order valence-corrected chi connectivity index (χ3v) is 5.21. The van der Waals surface area contributed by atoms with Gasteiger partial charge in [0.25, 0.3) is 6.01 Å². The van der Waals surface area contributed by atoms with Crippen LogP contribution in [0, 0.1) is 5.92 Å².